The number of rotatable bonds is 4. The van der Waals surface area contributed by atoms with Crippen molar-refractivity contribution >= 4 is 37.6 Å². The molecule has 0 rings (SSSR count). The summed E-state index contributed by atoms with van der Waals surface area (Å²) < 4.78 is 6.28. The molecule has 0 aliphatic heterocycles. The summed E-state index contributed by atoms with van der Waals surface area (Å²) in [6, 6.07) is 0. The van der Waals surface area contributed by atoms with Gasteiger partial charge >= 0.3 is 0 Å². The molecule has 0 amide bonds. The fourth-order valence-electron chi connectivity index (χ4n) is 0.992. The van der Waals surface area contributed by atoms with Gasteiger partial charge < -0.3 is 4.43 Å². The van der Waals surface area contributed by atoms with Gasteiger partial charge in [-0.25, -0.2) is 0 Å². The molecule has 0 fully saturated rings. The van der Waals surface area contributed by atoms with Gasteiger partial charge in [0.1, 0.15) is 0 Å². The molecular weight excluding hydrogens is 266 g/mol. The van der Waals surface area contributed by atoms with Gasteiger partial charge in [-0.3, -0.25) is 0 Å². The van der Waals surface area contributed by atoms with Gasteiger partial charge in [0.25, 0.3) is 0 Å². The minimum Gasteiger partial charge on any atom is -0.382 e. The fourth-order valence-corrected chi connectivity index (χ4v) is 12.1. The zero-order valence-electron chi connectivity index (χ0n) is 12.4. The molecule has 0 aliphatic carbocycles. The summed E-state index contributed by atoms with van der Waals surface area (Å²) in [4.78, 5) is 0. The van der Waals surface area contributed by atoms with E-state index in [1.165, 1.54) is 13.4 Å². The zero-order chi connectivity index (χ0) is 13.2. The molecule has 0 aromatic rings. The topological polar surface area (TPSA) is 9.23 Å². The van der Waals surface area contributed by atoms with Gasteiger partial charge in [-0.15, -0.1) is 0 Å². The minimum absolute atomic E-state index is 0.321. The van der Waals surface area contributed by atoms with Crippen LogP contribution in [-0.2, 0) is 4.43 Å². The molecular formula is C11H28OP2Si2. The van der Waals surface area contributed by atoms with Gasteiger partial charge in [0.05, 0.1) is 13.0 Å². The Bertz CT molecular complexity index is 239. The van der Waals surface area contributed by atoms with Crippen molar-refractivity contribution in [1.29, 1.82) is 0 Å². The molecule has 0 N–H and O–H groups in total. The van der Waals surface area contributed by atoms with Crippen molar-refractivity contribution in [2.45, 2.75) is 65.2 Å². The van der Waals surface area contributed by atoms with Crippen LogP contribution in [-0.4, -0.2) is 26.4 Å². The maximum Gasteiger partial charge on any atom is 0.192 e. The molecule has 0 bridgehead atoms. The average Bonchev–Trinajstić information content (AvgIpc) is 1.70. The molecule has 1 unspecified atom stereocenters. The van der Waals surface area contributed by atoms with E-state index in [4.69, 9.17) is 4.43 Å². The molecule has 0 aromatic carbocycles. The molecule has 1 atom stereocenters. The Morgan fingerprint density at radius 2 is 1.44 bits per heavy atom. The quantitative estimate of drug-likeness (QED) is 0.512. The molecule has 0 aromatic heterocycles. The van der Waals surface area contributed by atoms with Crippen LogP contribution in [0, 0.1) is 0 Å². The maximum absolute atomic E-state index is 6.28. The first-order valence-electron chi connectivity index (χ1n) is 5.86. The first-order valence-corrected chi connectivity index (χ1v) is 15.7. The van der Waals surface area contributed by atoms with E-state index < -0.39 is 16.1 Å². The Hall–Kier alpha value is 0.994. The highest BCUT2D eigenvalue weighted by Gasteiger charge is 2.24. The summed E-state index contributed by atoms with van der Waals surface area (Å²) in [7, 11) is -0.144. The molecule has 16 heavy (non-hydrogen) atoms. The second-order valence-electron chi connectivity index (χ2n) is 7.18. The Morgan fingerprint density at radius 1 is 1.00 bits per heavy atom. The third-order valence-electron chi connectivity index (χ3n) is 1.32. The van der Waals surface area contributed by atoms with Gasteiger partial charge in [0.15, 0.2) is 8.32 Å². The summed E-state index contributed by atoms with van der Waals surface area (Å²) in [6.07, 6.45) is 0. The van der Waals surface area contributed by atoms with Crippen molar-refractivity contribution in [2.75, 3.05) is 0 Å². The smallest absolute Gasteiger partial charge is 0.192 e. The Balaban J connectivity index is 4.87. The summed E-state index contributed by atoms with van der Waals surface area (Å²) in [6.45, 7) is 21.0. The predicted molar refractivity (Wildman–Crippen MR) is 87.8 cm³/mol. The van der Waals surface area contributed by atoms with Crippen molar-refractivity contribution in [2.24, 2.45) is 0 Å². The van der Waals surface area contributed by atoms with Gasteiger partial charge in [-0.05, 0) is 19.6 Å². The second kappa shape index (κ2) is 5.76. The van der Waals surface area contributed by atoms with Crippen LogP contribution in [0.2, 0.25) is 39.3 Å². The molecule has 1 nitrogen and oxygen atoms in total. The van der Waals surface area contributed by atoms with Crippen molar-refractivity contribution in [3.8, 4) is 0 Å². The third kappa shape index (κ3) is 11.5. The Labute approximate surface area is 107 Å². The zero-order valence-corrected chi connectivity index (χ0v) is 16.2. The van der Waals surface area contributed by atoms with E-state index in [2.05, 4.69) is 60.1 Å². The molecule has 0 radical (unpaired) electrons. The first-order chi connectivity index (χ1) is 6.79. The molecule has 0 aliphatic rings. The van der Waals surface area contributed by atoms with E-state index in [9.17, 15) is 0 Å². The molecule has 96 valence electrons. The highest BCUT2D eigenvalue weighted by Crippen LogP contribution is 2.37. The van der Waals surface area contributed by atoms with Crippen LogP contribution in [0.3, 0.4) is 0 Å². The van der Waals surface area contributed by atoms with Crippen LogP contribution in [0.1, 0.15) is 20.8 Å². The minimum atomic E-state index is -1.43. The molecule has 5 heteroatoms. The van der Waals surface area contributed by atoms with E-state index in [-0.39, 0.29) is 0 Å². The van der Waals surface area contributed by atoms with Crippen molar-refractivity contribution in [3.63, 3.8) is 0 Å². The summed E-state index contributed by atoms with van der Waals surface area (Å²) in [5.74, 6) is 0. The maximum atomic E-state index is 6.28. The van der Waals surface area contributed by atoms with Crippen LogP contribution >= 0.6 is 16.3 Å². The van der Waals surface area contributed by atoms with Crippen LogP contribution in [0.15, 0.2) is 0 Å². The second-order valence-corrected chi connectivity index (χ2v) is 24.5. The lowest BCUT2D eigenvalue weighted by atomic mass is 10.3. The summed E-state index contributed by atoms with van der Waals surface area (Å²) in [5, 5.41) is 1.69. The lowest BCUT2D eigenvalue weighted by Crippen LogP contribution is -2.29. The fraction of sp³-hybridized carbons (Fsp3) is 0.909. The summed E-state index contributed by atoms with van der Waals surface area (Å²) >= 11 is 0. The lowest BCUT2D eigenvalue weighted by molar-refractivity contribution is 0.579. The first kappa shape index (κ1) is 17.0. The van der Waals surface area contributed by atoms with E-state index in [1.54, 1.807) is 0 Å². The molecule has 0 saturated carbocycles. The molecule has 0 spiro atoms. The van der Waals surface area contributed by atoms with Crippen LogP contribution in [0.5, 0.6) is 0 Å². The number of hydrogen-bond donors (Lipinski definition) is 0. The third-order valence-corrected chi connectivity index (χ3v) is 8.78. The Morgan fingerprint density at radius 3 is 1.69 bits per heavy atom. The predicted octanol–water partition coefficient (Wildman–Crippen LogP) is 5.18. The van der Waals surface area contributed by atoms with Crippen molar-refractivity contribution in [3.05, 3.63) is 0 Å². The van der Waals surface area contributed by atoms with E-state index >= 15 is 0 Å². The van der Waals surface area contributed by atoms with E-state index in [0.29, 0.717) is 5.16 Å². The van der Waals surface area contributed by atoms with E-state index in [1.807, 2.05) is 0 Å². The van der Waals surface area contributed by atoms with Crippen LogP contribution in [0.4, 0.5) is 0 Å². The summed E-state index contributed by atoms with van der Waals surface area (Å²) in [5.41, 5.74) is 0. The van der Waals surface area contributed by atoms with Gasteiger partial charge in [-0.2, -0.15) is 0 Å². The number of hydrogen-bond acceptors (Lipinski definition) is 1. The van der Waals surface area contributed by atoms with Crippen LogP contribution < -0.4 is 0 Å². The van der Waals surface area contributed by atoms with Gasteiger partial charge in [-0.1, -0.05) is 56.7 Å². The van der Waals surface area contributed by atoms with Crippen LogP contribution in [0.25, 0.3) is 0 Å². The highest BCUT2D eigenvalue weighted by molar-refractivity contribution is 7.98. The monoisotopic (exact) mass is 294 g/mol. The largest absolute Gasteiger partial charge is 0.382 e. The average molecular weight is 294 g/mol. The standard InChI is InChI=1S/C11H28OP2Si2/c1-11(2,3)13-10(12-15(4,5)6)14-16(7,8)9/h14H,1-9H3. The normalized spacial score (nSPS) is 16.2. The molecule has 0 heterocycles. The van der Waals surface area contributed by atoms with Crippen molar-refractivity contribution < 1.29 is 4.43 Å². The highest BCUT2D eigenvalue weighted by atomic mass is 31.4. The SMILES string of the molecule is CC(C)(C)P=C(O[Si](C)(C)C)P[Si](C)(C)C. The lowest BCUT2D eigenvalue weighted by Gasteiger charge is -2.26. The van der Waals surface area contributed by atoms with Gasteiger partial charge in [0, 0.05) is 5.16 Å². The van der Waals surface area contributed by atoms with Crippen molar-refractivity contribution in [1.82, 2.24) is 0 Å². The van der Waals surface area contributed by atoms with E-state index in [0.717, 1.165) is 8.13 Å². The van der Waals surface area contributed by atoms with Gasteiger partial charge in [0.2, 0.25) is 0 Å². The Kier molecular flexibility index (Phi) is 6.11. The molecule has 0 saturated heterocycles.